The number of hydrogen-bond acceptors (Lipinski definition) is 6. The van der Waals surface area contributed by atoms with Gasteiger partial charge in [0.25, 0.3) is 0 Å². The number of urea groups is 1. The summed E-state index contributed by atoms with van der Waals surface area (Å²) in [7, 11) is 0. The van der Waals surface area contributed by atoms with Gasteiger partial charge in [0.05, 0.1) is 0 Å². The number of nitrogen functional groups attached to an aromatic ring is 1. The highest BCUT2D eigenvalue weighted by atomic mass is 32.1. The first-order valence-electron chi connectivity index (χ1n) is 12.9. The summed E-state index contributed by atoms with van der Waals surface area (Å²) in [5, 5.41) is 3.63. The fourth-order valence-corrected chi connectivity index (χ4v) is 5.11. The van der Waals surface area contributed by atoms with Crippen molar-refractivity contribution < 1.29 is 4.79 Å². The molecule has 3 N–H and O–H groups in total. The molecule has 0 aliphatic heterocycles. The summed E-state index contributed by atoms with van der Waals surface area (Å²) < 4.78 is 4.37. The zero-order chi connectivity index (χ0) is 26.9. The Hall–Kier alpha value is -4.56. The molecule has 0 aliphatic carbocycles. The van der Waals surface area contributed by atoms with E-state index >= 15 is 0 Å². The first kappa shape index (κ1) is 26.1. The van der Waals surface area contributed by atoms with Gasteiger partial charge in [0.2, 0.25) is 5.95 Å². The van der Waals surface area contributed by atoms with E-state index in [0.717, 1.165) is 22.7 Å². The van der Waals surface area contributed by atoms with Crippen molar-refractivity contribution in [3.8, 4) is 10.6 Å². The Morgan fingerprint density at radius 1 is 0.846 bits per heavy atom. The molecule has 7 nitrogen and oxygen atoms in total. The van der Waals surface area contributed by atoms with E-state index in [9.17, 15) is 4.79 Å². The molecule has 0 bridgehead atoms. The van der Waals surface area contributed by atoms with E-state index in [1.165, 1.54) is 22.7 Å². The summed E-state index contributed by atoms with van der Waals surface area (Å²) in [4.78, 5) is 24.3. The van der Waals surface area contributed by atoms with Gasteiger partial charge in [0.1, 0.15) is 5.01 Å². The molecule has 196 valence electrons. The number of amides is 2. The molecule has 2 heterocycles. The van der Waals surface area contributed by atoms with Gasteiger partial charge in [0, 0.05) is 48.6 Å². The molecule has 0 radical (unpaired) electrons. The quantitative estimate of drug-likeness (QED) is 0.200. The van der Waals surface area contributed by atoms with Crippen LogP contribution in [0.5, 0.6) is 0 Å². The molecule has 0 saturated heterocycles. The van der Waals surface area contributed by atoms with Crippen molar-refractivity contribution in [1.82, 2.24) is 19.2 Å². The molecule has 5 aromatic rings. The summed E-state index contributed by atoms with van der Waals surface area (Å²) >= 11 is 1.24. The van der Waals surface area contributed by atoms with Gasteiger partial charge in [-0.1, -0.05) is 66.7 Å². The SMILES string of the molecule is Nc1ccc(-c2nc(NC(=O)N(CCc3ccccn3)CCC(c3ccccc3)c3ccccc3)ns2)cc1. The van der Waals surface area contributed by atoms with Gasteiger partial charge in [-0.2, -0.15) is 9.36 Å². The van der Waals surface area contributed by atoms with E-state index in [0.29, 0.717) is 31.1 Å². The van der Waals surface area contributed by atoms with Crippen molar-refractivity contribution in [2.24, 2.45) is 0 Å². The summed E-state index contributed by atoms with van der Waals surface area (Å²) in [6.07, 6.45) is 3.19. The zero-order valence-corrected chi connectivity index (χ0v) is 22.3. The van der Waals surface area contributed by atoms with Crippen molar-refractivity contribution in [3.63, 3.8) is 0 Å². The Kier molecular flexibility index (Phi) is 8.55. The van der Waals surface area contributed by atoms with Crippen molar-refractivity contribution in [2.45, 2.75) is 18.8 Å². The maximum Gasteiger partial charge on any atom is 0.324 e. The summed E-state index contributed by atoms with van der Waals surface area (Å²) in [5.74, 6) is 0.453. The number of carbonyl (C=O) groups excluding carboxylic acids is 1. The van der Waals surface area contributed by atoms with Crippen LogP contribution in [0.2, 0.25) is 0 Å². The van der Waals surface area contributed by atoms with Crippen LogP contribution in [0.1, 0.15) is 29.2 Å². The average Bonchev–Trinajstić information content (AvgIpc) is 3.45. The predicted molar refractivity (Wildman–Crippen MR) is 158 cm³/mol. The topological polar surface area (TPSA) is 97.0 Å². The molecule has 0 spiro atoms. The molecular weight excluding hydrogens is 504 g/mol. The largest absolute Gasteiger partial charge is 0.399 e. The Morgan fingerprint density at radius 3 is 2.15 bits per heavy atom. The third-order valence-electron chi connectivity index (χ3n) is 6.55. The predicted octanol–water partition coefficient (Wildman–Crippen LogP) is 6.48. The highest BCUT2D eigenvalue weighted by Gasteiger charge is 2.20. The number of nitrogens with one attached hydrogen (secondary N) is 1. The van der Waals surface area contributed by atoms with Gasteiger partial charge in [-0.15, -0.1) is 0 Å². The maximum atomic E-state index is 13.5. The minimum atomic E-state index is -0.229. The van der Waals surface area contributed by atoms with Gasteiger partial charge in [0.15, 0.2) is 0 Å². The second-order valence-electron chi connectivity index (χ2n) is 9.20. The minimum absolute atomic E-state index is 0.159. The lowest BCUT2D eigenvalue weighted by Gasteiger charge is -2.26. The van der Waals surface area contributed by atoms with Crippen LogP contribution in [-0.4, -0.2) is 38.4 Å². The normalized spacial score (nSPS) is 10.9. The van der Waals surface area contributed by atoms with Gasteiger partial charge in [-0.05, 0) is 65.5 Å². The van der Waals surface area contributed by atoms with E-state index in [-0.39, 0.29) is 11.9 Å². The minimum Gasteiger partial charge on any atom is -0.399 e. The van der Waals surface area contributed by atoms with E-state index in [4.69, 9.17) is 5.73 Å². The highest BCUT2D eigenvalue weighted by Crippen LogP contribution is 2.28. The third kappa shape index (κ3) is 7.06. The number of hydrogen-bond donors (Lipinski definition) is 2. The van der Waals surface area contributed by atoms with Crippen LogP contribution in [0.25, 0.3) is 10.6 Å². The number of nitrogens with two attached hydrogens (primary N) is 1. The van der Waals surface area contributed by atoms with Gasteiger partial charge in [-0.3, -0.25) is 10.3 Å². The molecule has 39 heavy (non-hydrogen) atoms. The molecule has 3 aromatic carbocycles. The Labute approximate surface area is 232 Å². The van der Waals surface area contributed by atoms with Crippen LogP contribution >= 0.6 is 11.5 Å². The lowest BCUT2D eigenvalue weighted by molar-refractivity contribution is 0.210. The number of benzene rings is 3. The van der Waals surface area contributed by atoms with Crippen LogP contribution in [0, 0.1) is 0 Å². The molecule has 0 aliphatic rings. The van der Waals surface area contributed by atoms with Crippen molar-refractivity contribution in [3.05, 3.63) is 126 Å². The summed E-state index contributed by atoms with van der Waals surface area (Å²) in [6, 6.07) is 33.9. The molecular formula is C31H30N6OS. The molecule has 0 unspecified atom stereocenters. The number of anilines is 2. The van der Waals surface area contributed by atoms with Crippen molar-refractivity contribution in [2.75, 3.05) is 24.1 Å². The first-order valence-corrected chi connectivity index (χ1v) is 13.7. The van der Waals surface area contributed by atoms with Crippen LogP contribution < -0.4 is 11.1 Å². The average molecular weight is 535 g/mol. The van der Waals surface area contributed by atoms with Crippen LogP contribution in [-0.2, 0) is 6.42 Å². The van der Waals surface area contributed by atoms with E-state index in [2.05, 4.69) is 68.2 Å². The second-order valence-corrected chi connectivity index (χ2v) is 9.95. The molecule has 0 atom stereocenters. The Morgan fingerprint density at radius 2 is 1.51 bits per heavy atom. The van der Waals surface area contributed by atoms with Gasteiger partial charge >= 0.3 is 6.03 Å². The second kappa shape index (κ2) is 12.8. The molecule has 2 aromatic heterocycles. The number of aromatic nitrogens is 3. The van der Waals surface area contributed by atoms with Crippen molar-refractivity contribution in [1.29, 1.82) is 0 Å². The van der Waals surface area contributed by atoms with Crippen LogP contribution in [0.4, 0.5) is 16.4 Å². The first-order chi connectivity index (χ1) is 19.2. The van der Waals surface area contributed by atoms with Crippen LogP contribution in [0.15, 0.2) is 109 Å². The summed E-state index contributed by atoms with van der Waals surface area (Å²) in [5.41, 5.74) is 10.8. The van der Waals surface area contributed by atoms with Crippen LogP contribution in [0.3, 0.4) is 0 Å². The fraction of sp³-hybridized carbons (Fsp3) is 0.161. The number of rotatable bonds is 10. The monoisotopic (exact) mass is 534 g/mol. The lowest BCUT2D eigenvalue weighted by atomic mass is 9.88. The van der Waals surface area contributed by atoms with Gasteiger partial charge < -0.3 is 10.6 Å². The molecule has 8 heteroatoms. The highest BCUT2D eigenvalue weighted by molar-refractivity contribution is 7.09. The number of pyridine rings is 1. The fourth-order valence-electron chi connectivity index (χ4n) is 4.48. The molecule has 0 fully saturated rings. The van der Waals surface area contributed by atoms with E-state index in [1.54, 1.807) is 6.20 Å². The zero-order valence-electron chi connectivity index (χ0n) is 21.5. The molecule has 2 amide bonds. The number of carbonyl (C=O) groups is 1. The smallest absolute Gasteiger partial charge is 0.324 e. The molecule has 0 saturated carbocycles. The standard InChI is InChI=1S/C31H30N6OS/c32-26-16-14-25(15-17-26)29-34-30(36-39-29)35-31(38)37(21-18-27-13-7-8-20-33-27)22-19-28(23-9-3-1-4-10-23)24-11-5-2-6-12-24/h1-17,20,28H,18-19,21-22,32H2,(H,35,36,38). The summed E-state index contributed by atoms with van der Waals surface area (Å²) in [6.45, 7) is 1.08. The van der Waals surface area contributed by atoms with E-state index < -0.39 is 0 Å². The van der Waals surface area contributed by atoms with Gasteiger partial charge in [-0.25, -0.2) is 4.79 Å². The third-order valence-corrected chi connectivity index (χ3v) is 7.31. The molecule has 5 rings (SSSR count). The lowest BCUT2D eigenvalue weighted by Crippen LogP contribution is -2.38. The Balaban J connectivity index is 1.33. The van der Waals surface area contributed by atoms with E-state index in [1.807, 2.05) is 59.5 Å². The number of nitrogens with zero attached hydrogens (tertiary/aromatic N) is 4. The van der Waals surface area contributed by atoms with Crippen molar-refractivity contribution >= 4 is 29.2 Å². The Bertz CT molecular complexity index is 1420. The maximum absolute atomic E-state index is 13.5.